The molecule has 4 nitrogen and oxygen atoms in total. The summed E-state index contributed by atoms with van der Waals surface area (Å²) < 4.78 is 24.8. The van der Waals surface area contributed by atoms with Gasteiger partial charge in [-0.25, -0.2) is 9.38 Å². The van der Waals surface area contributed by atoms with Gasteiger partial charge in [-0.1, -0.05) is 36.0 Å². The zero-order valence-electron chi connectivity index (χ0n) is 20.8. The summed E-state index contributed by atoms with van der Waals surface area (Å²) in [5.41, 5.74) is 7.88. The van der Waals surface area contributed by atoms with Gasteiger partial charge in [0.05, 0.1) is 31.7 Å². The lowest BCUT2D eigenvalue weighted by Gasteiger charge is -2.40. The van der Waals surface area contributed by atoms with Crippen LogP contribution in [-0.2, 0) is 0 Å². The van der Waals surface area contributed by atoms with Crippen LogP contribution in [0, 0.1) is 5.82 Å². The van der Waals surface area contributed by atoms with Gasteiger partial charge in [0.25, 0.3) is 0 Å². The van der Waals surface area contributed by atoms with E-state index in [-0.39, 0.29) is 11.9 Å². The highest BCUT2D eigenvalue weighted by molar-refractivity contribution is 8.16. The number of hydrogen-bond donors (Lipinski definition) is 0. The Kier molecular flexibility index (Phi) is 6.35. The van der Waals surface area contributed by atoms with Crippen molar-refractivity contribution in [1.29, 1.82) is 0 Å². The number of amidine groups is 1. The number of allylic oxidation sites excluding steroid dienone is 1. The van der Waals surface area contributed by atoms with Crippen LogP contribution >= 0.6 is 11.8 Å². The van der Waals surface area contributed by atoms with E-state index in [4.69, 9.17) is 14.5 Å². The molecule has 0 spiro atoms. The van der Waals surface area contributed by atoms with Crippen LogP contribution in [-0.4, -0.2) is 24.3 Å². The fraction of sp³-hybridized carbons (Fsp3) is 0.194. The van der Waals surface area contributed by atoms with E-state index in [9.17, 15) is 4.39 Å². The Bertz CT molecular complexity index is 1470. The summed E-state index contributed by atoms with van der Waals surface area (Å²) >= 11 is 1.62. The average Bonchev–Trinajstić information content (AvgIpc) is 3.36. The highest BCUT2D eigenvalue weighted by Crippen LogP contribution is 2.51. The number of thioether (sulfide) groups is 1. The van der Waals surface area contributed by atoms with Crippen molar-refractivity contribution >= 4 is 28.7 Å². The van der Waals surface area contributed by atoms with E-state index in [2.05, 4.69) is 40.6 Å². The normalized spacial score (nSPS) is 19.8. The molecule has 0 amide bonds. The molecule has 0 radical (unpaired) electrons. The zero-order valence-corrected chi connectivity index (χ0v) is 21.6. The lowest BCUT2D eigenvalue weighted by Crippen LogP contribution is -2.34. The maximum atomic E-state index is 13.7. The van der Waals surface area contributed by atoms with E-state index >= 15 is 0 Å². The second-order valence-electron chi connectivity index (χ2n) is 9.24. The maximum absolute atomic E-state index is 13.7. The first-order valence-corrected chi connectivity index (χ1v) is 13.3. The number of aliphatic imine (C=N–C) groups is 1. The summed E-state index contributed by atoms with van der Waals surface area (Å²) in [6.07, 6.45) is 5.23. The van der Waals surface area contributed by atoms with Crippen molar-refractivity contribution in [2.75, 3.05) is 14.2 Å². The van der Waals surface area contributed by atoms with Crippen molar-refractivity contribution in [1.82, 2.24) is 4.90 Å². The predicted octanol–water partition coefficient (Wildman–Crippen LogP) is 7.82. The first kappa shape index (κ1) is 23.6. The lowest BCUT2D eigenvalue weighted by molar-refractivity contribution is 0.410. The molecule has 186 valence electrons. The van der Waals surface area contributed by atoms with E-state index in [1.165, 1.54) is 23.3 Å². The Morgan fingerprint density at radius 2 is 1.70 bits per heavy atom. The Balaban J connectivity index is 1.49. The predicted molar refractivity (Wildman–Crippen MR) is 149 cm³/mol. The summed E-state index contributed by atoms with van der Waals surface area (Å²) in [6, 6.07) is 23.1. The van der Waals surface area contributed by atoms with E-state index in [1.54, 1.807) is 26.0 Å². The van der Waals surface area contributed by atoms with Crippen LogP contribution in [0.4, 0.5) is 4.39 Å². The molecule has 37 heavy (non-hydrogen) atoms. The fourth-order valence-electron chi connectivity index (χ4n) is 5.29. The number of rotatable bonds is 5. The van der Waals surface area contributed by atoms with Crippen molar-refractivity contribution in [3.63, 3.8) is 0 Å². The van der Waals surface area contributed by atoms with Crippen molar-refractivity contribution in [3.8, 4) is 11.5 Å². The summed E-state index contributed by atoms with van der Waals surface area (Å²) in [6.45, 7) is 0. The molecule has 0 saturated carbocycles. The third-order valence-electron chi connectivity index (χ3n) is 7.02. The minimum atomic E-state index is -0.239. The molecule has 6 rings (SSSR count). The molecular weight excluding hydrogens is 483 g/mol. The first-order valence-electron chi connectivity index (χ1n) is 12.4. The molecule has 3 aromatic rings. The minimum absolute atomic E-state index is 0.0297. The van der Waals surface area contributed by atoms with E-state index in [0.29, 0.717) is 0 Å². The van der Waals surface area contributed by atoms with Gasteiger partial charge < -0.3 is 14.4 Å². The number of fused-ring (bicyclic) bond motifs is 1. The van der Waals surface area contributed by atoms with Crippen LogP contribution < -0.4 is 9.47 Å². The average molecular weight is 511 g/mol. The SMILES string of the molecule is COc1cccc(C=C2CCCC3=C2N=C2SC=C(c4ccc(F)cc4)N2C3c2cccc(OC)c2)c1. The smallest absolute Gasteiger partial charge is 0.174 e. The molecule has 0 N–H and O–H groups in total. The van der Waals surface area contributed by atoms with Gasteiger partial charge in [0, 0.05) is 5.41 Å². The number of benzene rings is 3. The number of ether oxygens (including phenoxy) is 2. The van der Waals surface area contributed by atoms with Crippen LogP contribution in [0.25, 0.3) is 11.8 Å². The van der Waals surface area contributed by atoms with Crippen molar-refractivity contribution in [2.45, 2.75) is 25.3 Å². The summed E-state index contributed by atoms with van der Waals surface area (Å²) in [4.78, 5) is 7.53. The molecule has 2 heterocycles. The van der Waals surface area contributed by atoms with Gasteiger partial charge in [-0.05, 0) is 102 Å². The summed E-state index contributed by atoms with van der Waals surface area (Å²) in [7, 11) is 3.39. The first-order chi connectivity index (χ1) is 18.1. The molecule has 6 heteroatoms. The van der Waals surface area contributed by atoms with Gasteiger partial charge in [-0.15, -0.1) is 0 Å². The van der Waals surface area contributed by atoms with Crippen LogP contribution in [0.2, 0.25) is 0 Å². The quantitative estimate of drug-likeness (QED) is 0.350. The molecule has 1 aliphatic carbocycles. The zero-order chi connectivity index (χ0) is 25.4. The highest BCUT2D eigenvalue weighted by Gasteiger charge is 2.40. The molecule has 1 atom stereocenters. The maximum Gasteiger partial charge on any atom is 0.174 e. The number of methoxy groups -OCH3 is 2. The molecule has 0 aromatic heterocycles. The fourth-order valence-corrected chi connectivity index (χ4v) is 6.22. The molecule has 0 fully saturated rings. The molecule has 0 saturated heterocycles. The van der Waals surface area contributed by atoms with Crippen LogP contribution in [0.5, 0.6) is 11.5 Å². The van der Waals surface area contributed by atoms with Crippen molar-refractivity contribution < 1.29 is 13.9 Å². The lowest BCUT2D eigenvalue weighted by atomic mass is 9.82. The second kappa shape index (κ2) is 9.94. The van der Waals surface area contributed by atoms with Gasteiger partial charge in [0.15, 0.2) is 5.17 Å². The molecule has 0 bridgehead atoms. The topological polar surface area (TPSA) is 34.1 Å². The molecule has 1 unspecified atom stereocenters. The minimum Gasteiger partial charge on any atom is -0.497 e. The Morgan fingerprint density at radius 3 is 2.49 bits per heavy atom. The van der Waals surface area contributed by atoms with E-state index in [1.807, 2.05) is 36.4 Å². The van der Waals surface area contributed by atoms with Gasteiger partial charge in [0.1, 0.15) is 17.3 Å². The molecule has 2 aliphatic heterocycles. The third-order valence-corrected chi connectivity index (χ3v) is 7.86. The Labute approximate surface area is 220 Å². The Morgan fingerprint density at radius 1 is 0.946 bits per heavy atom. The van der Waals surface area contributed by atoms with Gasteiger partial charge in [-0.3, -0.25) is 0 Å². The third kappa shape index (κ3) is 4.46. The van der Waals surface area contributed by atoms with Gasteiger partial charge in [-0.2, -0.15) is 0 Å². The molecule has 3 aliphatic rings. The van der Waals surface area contributed by atoms with Crippen LogP contribution in [0.1, 0.15) is 42.0 Å². The van der Waals surface area contributed by atoms with Crippen molar-refractivity contribution in [2.24, 2.45) is 4.99 Å². The van der Waals surface area contributed by atoms with Gasteiger partial charge >= 0.3 is 0 Å². The molecule has 3 aromatic carbocycles. The Hall–Kier alpha value is -3.77. The van der Waals surface area contributed by atoms with Crippen molar-refractivity contribution in [3.05, 3.63) is 118 Å². The number of hydrogen-bond acceptors (Lipinski definition) is 5. The van der Waals surface area contributed by atoms with Crippen LogP contribution in [0.3, 0.4) is 0 Å². The standard InChI is InChI=1S/C31H27FN2O2S/c1-35-25-9-3-6-20(17-25)16-22-7-5-11-27-29(22)33-31-34(30(27)23-8-4-10-26(18-23)36-2)28(19-37-31)21-12-14-24(32)15-13-21/h3-4,6,8-10,12-19,30H,5,7,11H2,1-2H3. The highest BCUT2D eigenvalue weighted by atomic mass is 32.2. The second-order valence-corrected chi connectivity index (χ2v) is 10.1. The van der Waals surface area contributed by atoms with E-state index < -0.39 is 0 Å². The van der Waals surface area contributed by atoms with Gasteiger partial charge in [0.2, 0.25) is 0 Å². The summed E-state index contributed by atoms with van der Waals surface area (Å²) in [5.74, 6) is 1.43. The monoisotopic (exact) mass is 510 g/mol. The number of nitrogens with zero attached hydrogens (tertiary/aromatic N) is 2. The number of halogens is 1. The molecular formula is C31H27FN2O2S. The summed E-state index contributed by atoms with van der Waals surface area (Å²) in [5, 5.41) is 3.06. The van der Waals surface area contributed by atoms with E-state index in [0.717, 1.165) is 64.0 Å². The largest absolute Gasteiger partial charge is 0.497 e. The van der Waals surface area contributed by atoms with Crippen LogP contribution in [0.15, 0.2) is 100 Å².